The number of rotatable bonds is 5. The van der Waals surface area contributed by atoms with Crippen molar-refractivity contribution in [2.75, 3.05) is 5.75 Å². The minimum absolute atomic E-state index is 0.119. The standard InChI is InChI=1S/C15H14BrClFNS/c16-11-2-1-3-14(8-11)20-9-13(19)7-10-6-12(17)4-5-15(10)18/h1-6,8,13H,7,9,19H2. The van der Waals surface area contributed by atoms with Crippen molar-refractivity contribution in [2.45, 2.75) is 17.4 Å². The number of hydrogen-bond acceptors (Lipinski definition) is 2. The van der Waals surface area contributed by atoms with E-state index in [2.05, 4.69) is 15.9 Å². The Balaban J connectivity index is 1.92. The van der Waals surface area contributed by atoms with Crippen molar-refractivity contribution in [1.29, 1.82) is 0 Å². The molecule has 0 saturated heterocycles. The molecule has 1 atom stereocenters. The molecule has 2 rings (SSSR count). The fourth-order valence-corrected chi connectivity index (χ4v) is 3.46. The first-order valence-electron chi connectivity index (χ1n) is 6.12. The summed E-state index contributed by atoms with van der Waals surface area (Å²) in [6.07, 6.45) is 0.480. The third-order valence-corrected chi connectivity index (χ3v) is 4.66. The number of benzene rings is 2. The van der Waals surface area contributed by atoms with Crippen molar-refractivity contribution in [1.82, 2.24) is 0 Å². The lowest BCUT2D eigenvalue weighted by Crippen LogP contribution is -2.26. The predicted octanol–water partition coefficient (Wildman–Crippen LogP) is 4.90. The van der Waals surface area contributed by atoms with Crippen LogP contribution >= 0.6 is 39.3 Å². The number of nitrogens with two attached hydrogens (primary N) is 1. The molecule has 0 saturated carbocycles. The van der Waals surface area contributed by atoms with E-state index in [0.29, 0.717) is 17.0 Å². The van der Waals surface area contributed by atoms with E-state index < -0.39 is 0 Å². The van der Waals surface area contributed by atoms with Crippen LogP contribution in [0.4, 0.5) is 4.39 Å². The largest absolute Gasteiger partial charge is 0.327 e. The van der Waals surface area contributed by atoms with Gasteiger partial charge in [-0.15, -0.1) is 11.8 Å². The first kappa shape index (κ1) is 15.8. The van der Waals surface area contributed by atoms with Crippen LogP contribution in [0.2, 0.25) is 5.02 Å². The molecule has 5 heteroatoms. The summed E-state index contributed by atoms with van der Waals surface area (Å²) >= 11 is 11.0. The topological polar surface area (TPSA) is 26.0 Å². The van der Waals surface area contributed by atoms with E-state index in [4.69, 9.17) is 17.3 Å². The molecule has 0 radical (unpaired) electrons. The molecular weight excluding hydrogens is 361 g/mol. The molecule has 0 amide bonds. The molecular formula is C15H14BrClFNS. The Morgan fingerprint density at radius 1 is 1.25 bits per heavy atom. The smallest absolute Gasteiger partial charge is 0.126 e. The second kappa shape index (κ2) is 7.46. The van der Waals surface area contributed by atoms with E-state index >= 15 is 0 Å². The van der Waals surface area contributed by atoms with Crippen LogP contribution in [0.25, 0.3) is 0 Å². The highest BCUT2D eigenvalue weighted by molar-refractivity contribution is 9.10. The summed E-state index contributed by atoms with van der Waals surface area (Å²) in [5, 5.41) is 0.535. The second-order valence-corrected chi connectivity index (χ2v) is 6.91. The van der Waals surface area contributed by atoms with Crippen LogP contribution in [-0.2, 0) is 6.42 Å². The van der Waals surface area contributed by atoms with Gasteiger partial charge < -0.3 is 5.73 Å². The molecule has 0 aliphatic heterocycles. The number of thioether (sulfide) groups is 1. The average Bonchev–Trinajstić information content (AvgIpc) is 2.41. The molecule has 106 valence electrons. The Bertz CT molecular complexity index is 594. The van der Waals surface area contributed by atoms with E-state index in [1.54, 1.807) is 23.9 Å². The predicted molar refractivity (Wildman–Crippen MR) is 88.0 cm³/mol. The molecule has 1 nitrogen and oxygen atoms in total. The van der Waals surface area contributed by atoms with Gasteiger partial charge in [-0.2, -0.15) is 0 Å². The SMILES string of the molecule is NC(CSc1cccc(Br)c1)Cc1cc(Cl)ccc1F. The van der Waals surface area contributed by atoms with Gasteiger partial charge in [0.05, 0.1) is 0 Å². The highest BCUT2D eigenvalue weighted by Crippen LogP contribution is 2.23. The highest BCUT2D eigenvalue weighted by atomic mass is 79.9. The second-order valence-electron chi connectivity index (χ2n) is 4.47. The van der Waals surface area contributed by atoms with Crippen LogP contribution in [-0.4, -0.2) is 11.8 Å². The monoisotopic (exact) mass is 373 g/mol. The maximum Gasteiger partial charge on any atom is 0.126 e. The molecule has 2 N–H and O–H groups in total. The fraction of sp³-hybridized carbons (Fsp3) is 0.200. The number of hydrogen-bond donors (Lipinski definition) is 1. The summed E-state index contributed by atoms with van der Waals surface area (Å²) in [5.74, 6) is 0.472. The van der Waals surface area contributed by atoms with Gasteiger partial charge in [0.15, 0.2) is 0 Å². The van der Waals surface area contributed by atoms with Crippen molar-refractivity contribution in [3.63, 3.8) is 0 Å². The van der Waals surface area contributed by atoms with Crippen molar-refractivity contribution >= 4 is 39.3 Å². The molecule has 2 aromatic rings. The van der Waals surface area contributed by atoms with E-state index in [-0.39, 0.29) is 11.9 Å². The summed E-state index contributed by atoms with van der Waals surface area (Å²) in [6.45, 7) is 0. The first-order chi connectivity index (χ1) is 9.54. The van der Waals surface area contributed by atoms with Gasteiger partial charge in [-0.25, -0.2) is 4.39 Å². The fourth-order valence-electron chi connectivity index (χ4n) is 1.80. The van der Waals surface area contributed by atoms with Crippen molar-refractivity contribution in [3.05, 3.63) is 63.3 Å². The van der Waals surface area contributed by atoms with Crippen LogP contribution in [0, 0.1) is 5.82 Å². The van der Waals surface area contributed by atoms with Gasteiger partial charge in [-0.05, 0) is 48.4 Å². The zero-order chi connectivity index (χ0) is 14.5. The van der Waals surface area contributed by atoms with Crippen LogP contribution in [0.15, 0.2) is 51.8 Å². The minimum atomic E-state index is -0.252. The Labute approximate surface area is 135 Å². The molecule has 1 unspecified atom stereocenters. The third-order valence-electron chi connectivity index (χ3n) is 2.75. The van der Waals surface area contributed by atoms with Crippen LogP contribution in [0.1, 0.15) is 5.56 Å². The number of halogens is 3. The molecule has 0 bridgehead atoms. The maximum absolute atomic E-state index is 13.6. The summed E-state index contributed by atoms with van der Waals surface area (Å²) in [4.78, 5) is 1.14. The maximum atomic E-state index is 13.6. The molecule has 0 aliphatic carbocycles. The minimum Gasteiger partial charge on any atom is -0.327 e. The Hall–Kier alpha value is -0.550. The Morgan fingerprint density at radius 3 is 2.80 bits per heavy atom. The van der Waals surface area contributed by atoms with Crippen LogP contribution in [0.5, 0.6) is 0 Å². The summed E-state index contributed by atoms with van der Waals surface area (Å²) < 4.78 is 14.7. The molecule has 0 heterocycles. The quantitative estimate of drug-likeness (QED) is 0.753. The average molecular weight is 375 g/mol. The zero-order valence-corrected chi connectivity index (χ0v) is 13.8. The van der Waals surface area contributed by atoms with Crippen molar-refractivity contribution in [3.8, 4) is 0 Å². The van der Waals surface area contributed by atoms with Crippen LogP contribution < -0.4 is 5.73 Å². The lowest BCUT2D eigenvalue weighted by atomic mass is 10.1. The molecule has 20 heavy (non-hydrogen) atoms. The van der Waals surface area contributed by atoms with Gasteiger partial charge in [-0.1, -0.05) is 33.6 Å². The van der Waals surface area contributed by atoms with Crippen LogP contribution in [0.3, 0.4) is 0 Å². The van der Waals surface area contributed by atoms with Crippen molar-refractivity contribution < 1.29 is 4.39 Å². The van der Waals surface area contributed by atoms with Gasteiger partial charge in [-0.3, -0.25) is 0 Å². The summed E-state index contributed by atoms with van der Waals surface area (Å²) in [5.41, 5.74) is 6.64. The Kier molecular flexibility index (Phi) is 5.90. The van der Waals surface area contributed by atoms with Crippen molar-refractivity contribution in [2.24, 2.45) is 5.73 Å². The van der Waals surface area contributed by atoms with E-state index in [1.807, 2.05) is 24.3 Å². The first-order valence-corrected chi connectivity index (χ1v) is 8.28. The molecule has 2 aromatic carbocycles. The zero-order valence-electron chi connectivity index (χ0n) is 10.7. The van der Waals surface area contributed by atoms with Gasteiger partial charge in [0.2, 0.25) is 0 Å². The summed E-state index contributed by atoms with van der Waals surface area (Å²) in [6, 6.07) is 12.5. The van der Waals surface area contributed by atoms with E-state index in [0.717, 1.165) is 15.1 Å². The normalized spacial score (nSPS) is 12.4. The lowest BCUT2D eigenvalue weighted by Gasteiger charge is -2.12. The van der Waals surface area contributed by atoms with Gasteiger partial charge in [0.1, 0.15) is 5.82 Å². The molecule has 0 spiro atoms. The van der Waals surface area contributed by atoms with Gasteiger partial charge >= 0.3 is 0 Å². The lowest BCUT2D eigenvalue weighted by molar-refractivity contribution is 0.597. The molecule has 0 fully saturated rings. The third kappa shape index (κ3) is 4.77. The van der Waals surface area contributed by atoms with Gasteiger partial charge in [0, 0.05) is 26.2 Å². The summed E-state index contributed by atoms with van der Waals surface area (Å²) in [7, 11) is 0. The van der Waals surface area contributed by atoms with E-state index in [1.165, 1.54) is 6.07 Å². The highest BCUT2D eigenvalue weighted by Gasteiger charge is 2.10. The molecule has 0 aromatic heterocycles. The van der Waals surface area contributed by atoms with Gasteiger partial charge in [0.25, 0.3) is 0 Å². The molecule has 0 aliphatic rings. The Morgan fingerprint density at radius 2 is 2.05 bits per heavy atom. The van der Waals surface area contributed by atoms with E-state index in [9.17, 15) is 4.39 Å².